The number of ether oxygens (including phenoxy) is 1. The van der Waals surface area contributed by atoms with Crippen LogP contribution in [0.25, 0.3) is 11.0 Å². The van der Waals surface area contributed by atoms with E-state index in [0.717, 1.165) is 0 Å². The zero-order valence-electron chi connectivity index (χ0n) is 7.46. The van der Waals surface area contributed by atoms with Crippen molar-refractivity contribution in [3.05, 3.63) is 24.0 Å². The highest BCUT2D eigenvalue weighted by Gasteiger charge is 2.03. The molecule has 0 radical (unpaired) electrons. The predicted molar refractivity (Wildman–Crippen MR) is 50.6 cm³/mol. The quantitative estimate of drug-likeness (QED) is 0.769. The number of aromatic amines is 1. The lowest BCUT2D eigenvalue weighted by molar-refractivity contribution is 0.306. The van der Waals surface area contributed by atoms with Gasteiger partial charge in [0.15, 0.2) is 0 Å². The number of aromatic nitrogens is 2. The molecule has 1 aromatic carbocycles. The minimum Gasteiger partial charge on any atom is -0.463 e. The van der Waals surface area contributed by atoms with Crippen molar-refractivity contribution < 1.29 is 9.13 Å². The molecule has 0 saturated carbocycles. The van der Waals surface area contributed by atoms with Crippen molar-refractivity contribution >= 4 is 11.0 Å². The van der Waals surface area contributed by atoms with E-state index in [1.165, 1.54) is 12.1 Å². The molecule has 4 nitrogen and oxygen atoms in total. The molecule has 0 fully saturated rings. The molecule has 0 saturated heterocycles. The predicted octanol–water partition coefficient (Wildman–Crippen LogP) is 1.04. The molecule has 3 N–H and O–H groups in total. The summed E-state index contributed by atoms with van der Waals surface area (Å²) < 4.78 is 18.0. The molecule has 1 heterocycles. The van der Waals surface area contributed by atoms with Crippen molar-refractivity contribution in [3.63, 3.8) is 0 Å². The van der Waals surface area contributed by atoms with Gasteiger partial charge in [-0.1, -0.05) is 0 Å². The van der Waals surface area contributed by atoms with Gasteiger partial charge in [0.25, 0.3) is 6.01 Å². The Labute approximate surface area is 79.9 Å². The lowest BCUT2D eigenvalue weighted by atomic mass is 10.3. The first kappa shape index (κ1) is 8.96. The Hall–Kier alpha value is -1.62. The molecule has 0 aliphatic rings. The van der Waals surface area contributed by atoms with Crippen LogP contribution in [0.3, 0.4) is 0 Å². The zero-order chi connectivity index (χ0) is 9.97. The SMILES string of the molecule is NCCOc1nc2ccc(F)cc2[nH]1. The Morgan fingerprint density at radius 2 is 2.36 bits per heavy atom. The van der Waals surface area contributed by atoms with Crippen LogP contribution in [0.5, 0.6) is 6.01 Å². The topological polar surface area (TPSA) is 63.9 Å². The molecule has 0 bridgehead atoms. The molecular formula is C9H10FN3O. The molecule has 1 aromatic heterocycles. The van der Waals surface area contributed by atoms with Crippen molar-refractivity contribution in [2.75, 3.05) is 13.2 Å². The second-order valence-electron chi connectivity index (χ2n) is 2.84. The normalized spacial score (nSPS) is 10.7. The van der Waals surface area contributed by atoms with E-state index in [1.807, 2.05) is 0 Å². The van der Waals surface area contributed by atoms with Crippen molar-refractivity contribution in [1.82, 2.24) is 9.97 Å². The average Bonchev–Trinajstić information content (AvgIpc) is 2.56. The zero-order valence-corrected chi connectivity index (χ0v) is 7.46. The lowest BCUT2D eigenvalue weighted by Crippen LogP contribution is -2.11. The minimum absolute atomic E-state index is 0.300. The molecular weight excluding hydrogens is 185 g/mol. The first-order valence-corrected chi connectivity index (χ1v) is 4.28. The van der Waals surface area contributed by atoms with E-state index in [9.17, 15) is 4.39 Å². The fraction of sp³-hybridized carbons (Fsp3) is 0.222. The largest absolute Gasteiger partial charge is 0.463 e. The summed E-state index contributed by atoms with van der Waals surface area (Å²) in [5.41, 5.74) is 6.57. The summed E-state index contributed by atoms with van der Waals surface area (Å²) in [5, 5.41) is 0. The molecule has 0 unspecified atom stereocenters. The van der Waals surface area contributed by atoms with E-state index in [4.69, 9.17) is 10.5 Å². The third-order valence-electron chi connectivity index (χ3n) is 1.78. The smallest absolute Gasteiger partial charge is 0.294 e. The van der Waals surface area contributed by atoms with Crippen LogP contribution in [0, 0.1) is 5.82 Å². The van der Waals surface area contributed by atoms with Crippen LogP contribution in [0.15, 0.2) is 18.2 Å². The van der Waals surface area contributed by atoms with E-state index in [1.54, 1.807) is 6.07 Å². The number of hydrogen-bond donors (Lipinski definition) is 2. The van der Waals surface area contributed by atoms with E-state index >= 15 is 0 Å². The van der Waals surface area contributed by atoms with Crippen LogP contribution in [0.2, 0.25) is 0 Å². The number of nitrogens with zero attached hydrogens (tertiary/aromatic N) is 1. The van der Waals surface area contributed by atoms with Gasteiger partial charge in [-0.25, -0.2) is 4.39 Å². The second-order valence-corrected chi connectivity index (χ2v) is 2.84. The van der Waals surface area contributed by atoms with Gasteiger partial charge in [0.1, 0.15) is 12.4 Å². The number of rotatable bonds is 3. The summed E-state index contributed by atoms with van der Waals surface area (Å²) in [6.07, 6.45) is 0. The highest BCUT2D eigenvalue weighted by Crippen LogP contribution is 2.16. The molecule has 2 aromatic rings. The van der Waals surface area contributed by atoms with E-state index in [0.29, 0.717) is 30.2 Å². The van der Waals surface area contributed by atoms with Crippen LogP contribution >= 0.6 is 0 Å². The number of nitrogens with two attached hydrogens (primary N) is 1. The highest BCUT2D eigenvalue weighted by atomic mass is 19.1. The summed E-state index contributed by atoms with van der Waals surface area (Å²) in [4.78, 5) is 6.93. The Bertz CT molecular complexity index is 441. The number of halogens is 1. The van der Waals surface area contributed by atoms with Crippen molar-refractivity contribution in [1.29, 1.82) is 0 Å². The van der Waals surface area contributed by atoms with Gasteiger partial charge < -0.3 is 15.5 Å². The molecule has 0 spiro atoms. The van der Waals surface area contributed by atoms with Crippen LogP contribution in [-0.4, -0.2) is 23.1 Å². The molecule has 2 rings (SSSR count). The third kappa shape index (κ3) is 1.67. The maximum atomic E-state index is 12.8. The Balaban J connectivity index is 2.32. The van der Waals surface area contributed by atoms with Gasteiger partial charge >= 0.3 is 0 Å². The highest BCUT2D eigenvalue weighted by molar-refractivity contribution is 5.75. The fourth-order valence-electron chi connectivity index (χ4n) is 1.18. The van der Waals surface area contributed by atoms with Crippen molar-refractivity contribution in [3.8, 4) is 6.01 Å². The average molecular weight is 195 g/mol. The van der Waals surface area contributed by atoms with Gasteiger partial charge in [0.05, 0.1) is 11.0 Å². The van der Waals surface area contributed by atoms with Crippen LogP contribution in [0.4, 0.5) is 4.39 Å². The van der Waals surface area contributed by atoms with Crippen molar-refractivity contribution in [2.24, 2.45) is 5.73 Å². The number of nitrogens with one attached hydrogen (secondary N) is 1. The standard InChI is InChI=1S/C9H10FN3O/c10-6-1-2-7-8(5-6)13-9(12-7)14-4-3-11/h1-2,5H,3-4,11H2,(H,12,13). The maximum Gasteiger partial charge on any atom is 0.294 e. The Kier molecular flexibility index (Phi) is 2.32. The van der Waals surface area contributed by atoms with Gasteiger partial charge in [-0.05, 0) is 18.2 Å². The monoisotopic (exact) mass is 195 g/mol. The van der Waals surface area contributed by atoms with Crippen molar-refractivity contribution in [2.45, 2.75) is 0 Å². The molecule has 0 aliphatic heterocycles. The minimum atomic E-state index is -0.300. The number of fused-ring (bicyclic) bond motifs is 1. The summed E-state index contributed by atoms with van der Waals surface area (Å²) >= 11 is 0. The third-order valence-corrected chi connectivity index (χ3v) is 1.78. The number of benzene rings is 1. The lowest BCUT2D eigenvalue weighted by Gasteiger charge is -1.96. The summed E-state index contributed by atoms with van der Waals surface area (Å²) in [7, 11) is 0. The Morgan fingerprint density at radius 1 is 1.50 bits per heavy atom. The summed E-state index contributed by atoms with van der Waals surface area (Å²) in [6, 6.07) is 4.69. The van der Waals surface area contributed by atoms with Crippen LogP contribution in [0.1, 0.15) is 0 Å². The molecule has 0 atom stereocenters. The Morgan fingerprint density at radius 3 is 3.14 bits per heavy atom. The maximum absolute atomic E-state index is 12.8. The van der Waals surface area contributed by atoms with Crippen LogP contribution in [-0.2, 0) is 0 Å². The van der Waals surface area contributed by atoms with Crippen LogP contribution < -0.4 is 10.5 Å². The van der Waals surface area contributed by atoms with E-state index in [2.05, 4.69) is 9.97 Å². The van der Waals surface area contributed by atoms with Gasteiger partial charge in [0, 0.05) is 6.54 Å². The summed E-state index contributed by atoms with van der Waals surface area (Å²) in [5.74, 6) is -0.300. The molecule has 74 valence electrons. The number of H-pyrrole nitrogens is 1. The molecule has 14 heavy (non-hydrogen) atoms. The van der Waals surface area contributed by atoms with Gasteiger partial charge in [-0.3, -0.25) is 0 Å². The van der Waals surface area contributed by atoms with Gasteiger partial charge in [-0.2, -0.15) is 4.98 Å². The van der Waals surface area contributed by atoms with Gasteiger partial charge in [0.2, 0.25) is 0 Å². The molecule has 0 aliphatic carbocycles. The van der Waals surface area contributed by atoms with E-state index < -0.39 is 0 Å². The van der Waals surface area contributed by atoms with E-state index in [-0.39, 0.29) is 5.82 Å². The first-order chi connectivity index (χ1) is 6.79. The number of hydrogen-bond acceptors (Lipinski definition) is 3. The first-order valence-electron chi connectivity index (χ1n) is 4.28. The van der Waals surface area contributed by atoms with Gasteiger partial charge in [-0.15, -0.1) is 0 Å². The molecule has 5 heteroatoms. The summed E-state index contributed by atoms with van der Waals surface area (Å²) in [6.45, 7) is 0.813. The number of imidazole rings is 1. The second kappa shape index (κ2) is 3.63. The fourth-order valence-corrected chi connectivity index (χ4v) is 1.18. The molecule has 0 amide bonds.